The molecule has 294 valence electrons. The second kappa shape index (κ2) is 16.8. The standard InChI is InChI=1S/C40H50N12O4/c1-23(2)33(44-22-56-55-5)37(53)51-18-6-8-31(51)35-42-20-29(45-35)27-14-10-25(11-15-27)26-12-16-28(17-13-26)30-21-43-36(46-30)32-9-7-19-52(32)38(54)34(24(3)4)47-40-48-39(41)49-50-40/h10-17,20-24,31-34H,6-9,18-19H2,1-5H3,(H,42,45)(H,43,46)(H4,41,47,48,49,50)/b44-22+/t31-,32-,33-,34-/m0/s1. The van der Waals surface area contributed by atoms with Gasteiger partial charge in [0, 0.05) is 13.1 Å². The van der Waals surface area contributed by atoms with Crippen molar-refractivity contribution in [3.63, 3.8) is 0 Å². The van der Waals surface area contributed by atoms with E-state index in [1.165, 1.54) is 13.5 Å². The maximum atomic E-state index is 13.8. The van der Waals surface area contributed by atoms with E-state index in [1.54, 1.807) is 0 Å². The van der Waals surface area contributed by atoms with Crippen LogP contribution >= 0.6 is 0 Å². The van der Waals surface area contributed by atoms with E-state index in [0.29, 0.717) is 19.0 Å². The highest BCUT2D eigenvalue weighted by Crippen LogP contribution is 2.35. The van der Waals surface area contributed by atoms with Crippen molar-refractivity contribution in [2.45, 2.75) is 77.5 Å². The molecule has 2 saturated heterocycles. The molecule has 0 aliphatic carbocycles. The molecular formula is C40H50N12O4. The number of H-pyrrole nitrogens is 3. The molecule has 16 nitrogen and oxygen atoms in total. The first kappa shape index (κ1) is 38.3. The average molecular weight is 763 g/mol. The molecule has 0 saturated carbocycles. The minimum absolute atomic E-state index is 0.00237. The molecule has 2 aliphatic heterocycles. The summed E-state index contributed by atoms with van der Waals surface area (Å²) in [5, 5.41) is 9.82. The number of nitrogens with one attached hydrogen (secondary N) is 4. The highest BCUT2D eigenvalue weighted by molar-refractivity contribution is 5.85. The van der Waals surface area contributed by atoms with E-state index in [2.05, 4.69) is 88.9 Å². The second-order valence-electron chi connectivity index (χ2n) is 15.0. The number of anilines is 2. The van der Waals surface area contributed by atoms with Gasteiger partial charge < -0.3 is 35.7 Å². The first-order valence-electron chi connectivity index (χ1n) is 19.2. The van der Waals surface area contributed by atoms with E-state index in [0.717, 1.165) is 71.0 Å². The van der Waals surface area contributed by atoms with Crippen LogP contribution in [0.4, 0.5) is 11.9 Å². The van der Waals surface area contributed by atoms with E-state index < -0.39 is 12.1 Å². The molecule has 0 unspecified atom stereocenters. The van der Waals surface area contributed by atoms with Gasteiger partial charge >= 0.3 is 0 Å². The minimum atomic E-state index is -0.571. The summed E-state index contributed by atoms with van der Waals surface area (Å²) in [5.74, 6) is 1.96. The Bertz CT molecular complexity index is 2120. The molecule has 7 rings (SSSR count). The van der Waals surface area contributed by atoms with Crippen molar-refractivity contribution < 1.29 is 19.4 Å². The Morgan fingerprint density at radius 3 is 1.80 bits per heavy atom. The fourth-order valence-corrected chi connectivity index (χ4v) is 7.61. The van der Waals surface area contributed by atoms with Crippen molar-refractivity contribution in [3.8, 4) is 33.6 Å². The summed E-state index contributed by atoms with van der Waals surface area (Å²) in [6.45, 7) is 9.22. The van der Waals surface area contributed by atoms with Gasteiger partial charge in [0.05, 0.1) is 43.0 Å². The minimum Gasteiger partial charge on any atom is -0.368 e. The third kappa shape index (κ3) is 8.15. The summed E-state index contributed by atoms with van der Waals surface area (Å²) in [6, 6.07) is 15.3. The smallest absolute Gasteiger partial charge is 0.248 e. The number of aromatic amines is 3. The lowest BCUT2D eigenvalue weighted by Gasteiger charge is -2.30. The summed E-state index contributed by atoms with van der Waals surface area (Å²) in [7, 11) is 1.39. The molecule has 0 radical (unpaired) electrons. The highest BCUT2D eigenvalue weighted by atomic mass is 17.2. The molecule has 2 fully saturated rings. The predicted octanol–water partition coefficient (Wildman–Crippen LogP) is 5.93. The van der Waals surface area contributed by atoms with Crippen molar-refractivity contribution in [3.05, 3.63) is 72.6 Å². The Hall–Kier alpha value is -6.03. The van der Waals surface area contributed by atoms with Gasteiger partial charge in [-0.3, -0.25) is 9.59 Å². The molecule has 6 N–H and O–H groups in total. The third-order valence-electron chi connectivity index (χ3n) is 10.6. The van der Waals surface area contributed by atoms with Crippen molar-refractivity contribution in [1.29, 1.82) is 0 Å². The van der Waals surface area contributed by atoms with Crippen molar-refractivity contribution >= 4 is 30.1 Å². The number of likely N-dealkylation sites (tertiary alicyclic amines) is 2. The lowest BCUT2D eigenvalue weighted by molar-refractivity contribution is -0.188. The zero-order valence-corrected chi connectivity index (χ0v) is 32.4. The normalized spacial score (nSPS) is 18.3. The van der Waals surface area contributed by atoms with Crippen LogP contribution in [0.2, 0.25) is 0 Å². The second-order valence-corrected chi connectivity index (χ2v) is 15.0. The van der Waals surface area contributed by atoms with Crippen LogP contribution in [-0.2, 0) is 19.4 Å². The van der Waals surface area contributed by atoms with Crippen molar-refractivity contribution in [1.82, 2.24) is 44.9 Å². The van der Waals surface area contributed by atoms with Gasteiger partial charge in [-0.05, 0) is 59.8 Å². The Labute approximate surface area is 325 Å². The molecule has 0 bridgehead atoms. The number of rotatable bonds is 14. The van der Waals surface area contributed by atoms with E-state index in [4.69, 9.17) is 20.6 Å². The number of nitrogens with zero attached hydrogens (tertiary/aromatic N) is 7. The van der Waals surface area contributed by atoms with Crippen molar-refractivity contribution in [2.75, 3.05) is 31.2 Å². The van der Waals surface area contributed by atoms with Crippen LogP contribution in [0.3, 0.4) is 0 Å². The number of aliphatic imine (C=N–C) groups is 1. The monoisotopic (exact) mass is 762 g/mol. The molecule has 2 aromatic carbocycles. The fourth-order valence-electron chi connectivity index (χ4n) is 7.61. The number of nitrogen functional groups attached to an aromatic ring is 1. The average Bonchev–Trinajstić information content (AvgIpc) is 4.05. The fraction of sp³-hybridized carbons (Fsp3) is 0.425. The van der Waals surface area contributed by atoms with Gasteiger partial charge in [0.25, 0.3) is 0 Å². The van der Waals surface area contributed by atoms with Gasteiger partial charge in [-0.25, -0.2) is 20.1 Å². The summed E-state index contributed by atoms with van der Waals surface area (Å²) in [5.41, 5.74) is 11.6. The number of hydrogen-bond donors (Lipinski definition) is 5. The van der Waals surface area contributed by atoms with Gasteiger partial charge in [0.15, 0.2) is 0 Å². The lowest BCUT2D eigenvalue weighted by Crippen LogP contribution is -2.45. The Kier molecular flexibility index (Phi) is 11.5. The van der Waals surface area contributed by atoms with Gasteiger partial charge in [0.1, 0.15) is 23.7 Å². The number of carbonyl (C=O) groups excluding carboxylic acids is 2. The van der Waals surface area contributed by atoms with Crippen LogP contribution in [-0.4, -0.2) is 95.4 Å². The molecule has 2 amide bonds. The zero-order valence-electron chi connectivity index (χ0n) is 32.4. The molecule has 0 spiro atoms. The Balaban J connectivity index is 0.995. The van der Waals surface area contributed by atoms with Gasteiger partial charge in [-0.15, -0.1) is 5.10 Å². The van der Waals surface area contributed by atoms with E-state index in [-0.39, 0.29) is 41.7 Å². The van der Waals surface area contributed by atoms with Crippen LogP contribution in [0.1, 0.15) is 77.1 Å². The van der Waals surface area contributed by atoms with Crippen LogP contribution < -0.4 is 11.1 Å². The largest absolute Gasteiger partial charge is 0.368 e. The lowest BCUT2D eigenvalue weighted by atomic mass is 10.0. The van der Waals surface area contributed by atoms with Crippen LogP contribution in [0, 0.1) is 11.8 Å². The number of benzene rings is 2. The van der Waals surface area contributed by atoms with Crippen LogP contribution in [0.5, 0.6) is 0 Å². The SMILES string of the molecule is COO/C=N/[C@H](C(=O)N1CCC[C@H]1c1ncc(-c2ccc(-c3ccc(-c4cnc([C@@H]5CCCN5C(=O)[C@@H](Nc5n[nH]c(N)n5)C(C)C)[nH]4)cc3)cc2)[nH]1)C(C)C. The number of aromatic nitrogens is 7. The molecule has 16 heteroatoms. The topological polar surface area (TPSA) is 208 Å². The molecular weight excluding hydrogens is 713 g/mol. The number of nitrogens with two attached hydrogens (primary N) is 1. The van der Waals surface area contributed by atoms with Crippen LogP contribution in [0.15, 0.2) is 65.9 Å². The van der Waals surface area contributed by atoms with Gasteiger partial charge in [-0.1, -0.05) is 76.2 Å². The summed E-state index contributed by atoms with van der Waals surface area (Å²) >= 11 is 0. The molecule has 5 heterocycles. The van der Waals surface area contributed by atoms with E-state index in [9.17, 15) is 9.59 Å². The van der Waals surface area contributed by atoms with E-state index >= 15 is 0 Å². The predicted molar refractivity (Wildman–Crippen MR) is 213 cm³/mol. The van der Waals surface area contributed by atoms with Crippen LogP contribution in [0.25, 0.3) is 33.6 Å². The first-order valence-corrected chi connectivity index (χ1v) is 19.2. The van der Waals surface area contributed by atoms with Gasteiger partial charge in [0.2, 0.25) is 30.1 Å². The summed E-state index contributed by atoms with van der Waals surface area (Å²) in [4.78, 5) is 65.4. The molecule has 56 heavy (non-hydrogen) atoms. The molecule has 4 atom stereocenters. The number of imidazole rings is 2. The molecule has 5 aromatic rings. The van der Waals surface area contributed by atoms with Gasteiger partial charge in [-0.2, -0.15) is 9.87 Å². The number of amides is 2. The molecule has 3 aromatic heterocycles. The zero-order chi connectivity index (χ0) is 39.3. The summed E-state index contributed by atoms with van der Waals surface area (Å²) in [6.07, 6.45) is 8.29. The third-order valence-corrected chi connectivity index (χ3v) is 10.6. The first-order chi connectivity index (χ1) is 27.1. The van der Waals surface area contributed by atoms with Crippen molar-refractivity contribution in [2.24, 2.45) is 16.8 Å². The Morgan fingerprint density at radius 1 is 0.821 bits per heavy atom. The summed E-state index contributed by atoms with van der Waals surface area (Å²) < 4.78 is 0. The highest BCUT2D eigenvalue weighted by Gasteiger charge is 2.38. The molecule has 2 aliphatic rings. The Morgan fingerprint density at radius 2 is 1.34 bits per heavy atom. The number of carbonyl (C=O) groups is 2. The maximum Gasteiger partial charge on any atom is 0.248 e. The van der Waals surface area contributed by atoms with E-state index in [1.807, 2.05) is 49.9 Å². The quantitative estimate of drug-likeness (QED) is 0.0390. The maximum absolute atomic E-state index is 13.8. The number of hydrogen-bond acceptors (Lipinski definition) is 11.